The van der Waals surface area contributed by atoms with E-state index >= 15 is 0 Å². The zero-order valence-corrected chi connectivity index (χ0v) is 19.4. The summed E-state index contributed by atoms with van der Waals surface area (Å²) < 4.78 is 6.32. The summed E-state index contributed by atoms with van der Waals surface area (Å²) in [5.41, 5.74) is 3.38. The molecule has 6 rings (SSSR count). The van der Waals surface area contributed by atoms with E-state index in [9.17, 15) is 5.11 Å². The first kappa shape index (κ1) is 20.7. The molecule has 2 aliphatic rings. The van der Waals surface area contributed by atoms with E-state index in [1.807, 2.05) is 29.3 Å². The Morgan fingerprint density at radius 1 is 0.848 bits per heavy atom. The van der Waals surface area contributed by atoms with Gasteiger partial charge in [0.15, 0.2) is 0 Å². The van der Waals surface area contributed by atoms with Gasteiger partial charge in [-0.1, -0.05) is 71.2 Å². The smallest absolute Gasteiger partial charge is 0.217 e. The van der Waals surface area contributed by atoms with Crippen LogP contribution in [-0.4, -0.2) is 15.8 Å². The first-order valence-electron chi connectivity index (χ1n) is 10.5. The van der Waals surface area contributed by atoms with Gasteiger partial charge in [0.05, 0.1) is 22.3 Å². The summed E-state index contributed by atoms with van der Waals surface area (Å²) in [7, 11) is 0. The maximum Gasteiger partial charge on any atom is 0.217 e. The van der Waals surface area contributed by atoms with Crippen molar-refractivity contribution in [1.82, 2.24) is 5.01 Å². The number of hydrazone groups is 1. The van der Waals surface area contributed by atoms with Crippen molar-refractivity contribution in [1.29, 1.82) is 0 Å². The van der Waals surface area contributed by atoms with E-state index in [1.54, 1.807) is 12.1 Å². The summed E-state index contributed by atoms with van der Waals surface area (Å²) in [6, 6.07) is 23.2. The minimum Gasteiger partial charge on any atom is -0.506 e. The van der Waals surface area contributed by atoms with Crippen LogP contribution in [0.2, 0.25) is 15.1 Å². The lowest BCUT2D eigenvalue weighted by Crippen LogP contribution is -2.33. The molecule has 0 bridgehead atoms. The molecular formula is C26H17Cl3N2O2. The van der Waals surface area contributed by atoms with Crippen molar-refractivity contribution in [2.45, 2.75) is 18.7 Å². The number of phenolic OH excluding ortho intramolecular Hbond substituents is 1. The van der Waals surface area contributed by atoms with Crippen molar-refractivity contribution < 1.29 is 9.84 Å². The Morgan fingerprint density at radius 3 is 2.48 bits per heavy atom. The van der Waals surface area contributed by atoms with Crippen LogP contribution in [0.4, 0.5) is 0 Å². The molecule has 2 atom stereocenters. The number of rotatable bonds is 2. The van der Waals surface area contributed by atoms with Gasteiger partial charge in [-0.15, -0.1) is 0 Å². The van der Waals surface area contributed by atoms with Crippen molar-refractivity contribution in [3.8, 4) is 11.5 Å². The van der Waals surface area contributed by atoms with E-state index in [-0.39, 0.29) is 16.8 Å². The number of fused-ring (bicyclic) bond motifs is 4. The van der Waals surface area contributed by atoms with Gasteiger partial charge in [0.25, 0.3) is 0 Å². The van der Waals surface area contributed by atoms with E-state index in [2.05, 4.69) is 30.3 Å². The first-order chi connectivity index (χ1) is 16.0. The quantitative estimate of drug-likeness (QED) is 0.309. The summed E-state index contributed by atoms with van der Waals surface area (Å²) in [5, 5.41) is 21.1. The molecule has 0 saturated carbocycles. The van der Waals surface area contributed by atoms with Crippen LogP contribution >= 0.6 is 34.8 Å². The van der Waals surface area contributed by atoms with Crippen LogP contribution in [-0.2, 0) is 0 Å². The van der Waals surface area contributed by atoms with Crippen molar-refractivity contribution in [2.75, 3.05) is 0 Å². The van der Waals surface area contributed by atoms with E-state index in [4.69, 9.17) is 44.6 Å². The maximum atomic E-state index is 10.7. The second-order valence-electron chi connectivity index (χ2n) is 8.19. The molecular weight excluding hydrogens is 479 g/mol. The number of hydrogen-bond acceptors (Lipinski definition) is 4. The van der Waals surface area contributed by atoms with Gasteiger partial charge in [0.2, 0.25) is 6.23 Å². The molecule has 4 aromatic rings. The Kier molecular flexibility index (Phi) is 4.91. The fraction of sp³-hybridized carbons (Fsp3) is 0.115. The molecule has 7 heteroatoms. The number of nitrogens with zero attached hydrogens (tertiary/aromatic N) is 2. The van der Waals surface area contributed by atoms with Crippen LogP contribution in [0.5, 0.6) is 11.5 Å². The predicted octanol–water partition coefficient (Wildman–Crippen LogP) is 7.75. The number of phenols is 1. The highest BCUT2D eigenvalue weighted by Crippen LogP contribution is 2.50. The zero-order chi connectivity index (χ0) is 22.7. The average molecular weight is 496 g/mol. The average Bonchev–Trinajstić information content (AvgIpc) is 3.27. The Bertz CT molecular complexity index is 1450. The normalized spacial score (nSPS) is 19.1. The van der Waals surface area contributed by atoms with Gasteiger partial charge in [-0.3, -0.25) is 0 Å². The minimum absolute atomic E-state index is 0.0726. The molecule has 2 heterocycles. The molecule has 1 N–H and O–H groups in total. The Balaban J connectivity index is 1.49. The fourth-order valence-electron chi connectivity index (χ4n) is 4.58. The molecule has 33 heavy (non-hydrogen) atoms. The summed E-state index contributed by atoms with van der Waals surface area (Å²) in [5.74, 6) is 0.618. The highest BCUT2D eigenvalue weighted by molar-refractivity contribution is 6.35. The van der Waals surface area contributed by atoms with Crippen LogP contribution < -0.4 is 4.74 Å². The molecule has 0 saturated heterocycles. The molecule has 0 aliphatic carbocycles. The topological polar surface area (TPSA) is 45.1 Å². The van der Waals surface area contributed by atoms with E-state index in [1.165, 1.54) is 11.5 Å². The number of halogens is 3. The molecule has 0 unspecified atom stereocenters. The highest BCUT2D eigenvalue weighted by Gasteiger charge is 2.42. The number of ether oxygens (including phenoxy) is 1. The monoisotopic (exact) mass is 494 g/mol. The van der Waals surface area contributed by atoms with Gasteiger partial charge in [-0.25, -0.2) is 5.01 Å². The third-order valence-electron chi connectivity index (χ3n) is 6.16. The van der Waals surface area contributed by atoms with Crippen molar-refractivity contribution in [3.05, 3.63) is 105 Å². The number of hydrogen-bond donors (Lipinski definition) is 1. The number of aromatic hydroxyl groups is 1. The largest absolute Gasteiger partial charge is 0.506 e. The summed E-state index contributed by atoms with van der Waals surface area (Å²) >= 11 is 18.8. The molecule has 0 amide bonds. The predicted molar refractivity (Wildman–Crippen MR) is 133 cm³/mol. The summed E-state index contributed by atoms with van der Waals surface area (Å²) in [4.78, 5) is 0. The Hall–Kier alpha value is -2.92. The Morgan fingerprint density at radius 2 is 1.64 bits per heavy atom. The second kappa shape index (κ2) is 7.84. The molecule has 0 radical (unpaired) electrons. The third kappa shape index (κ3) is 3.50. The van der Waals surface area contributed by atoms with Crippen LogP contribution in [0.25, 0.3) is 10.8 Å². The zero-order valence-electron chi connectivity index (χ0n) is 17.2. The third-order valence-corrected chi connectivity index (χ3v) is 6.90. The second-order valence-corrected chi connectivity index (χ2v) is 9.47. The minimum atomic E-state index is -0.696. The van der Waals surface area contributed by atoms with Crippen molar-refractivity contribution in [2.24, 2.45) is 5.10 Å². The first-order valence-corrected chi connectivity index (χ1v) is 11.6. The fourth-order valence-corrected chi connectivity index (χ4v) is 5.27. The van der Waals surface area contributed by atoms with Crippen molar-refractivity contribution >= 4 is 51.3 Å². The van der Waals surface area contributed by atoms with E-state index in [0.717, 1.165) is 22.2 Å². The molecule has 0 fully saturated rings. The van der Waals surface area contributed by atoms with Crippen LogP contribution in [0, 0.1) is 0 Å². The molecule has 4 nitrogen and oxygen atoms in total. The molecule has 0 aromatic heterocycles. The molecule has 4 aromatic carbocycles. The van der Waals surface area contributed by atoms with Crippen molar-refractivity contribution in [3.63, 3.8) is 0 Å². The van der Waals surface area contributed by atoms with Gasteiger partial charge in [0, 0.05) is 22.0 Å². The lowest BCUT2D eigenvalue weighted by Gasteiger charge is -2.38. The highest BCUT2D eigenvalue weighted by atomic mass is 35.5. The Labute approximate surface area is 205 Å². The van der Waals surface area contributed by atoms with Gasteiger partial charge in [-0.05, 0) is 52.7 Å². The van der Waals surface area contributed by atoms with E-state index in [0.29, 0.717) is 27.8 Å². The summed E-state index contributed by atoms with van der Waals surface area (Å²) in [6.45, 7) is 0. The van der Waals surface area contributed by atoms with Crippen LogP contribution in [0.3, 0.4) is 0 Å². The van der Waals surface area contributed by atoms with Crippen LogP contribution in [0.1, 0.15) is 35.4 Å². The molecule has 2 aliphatic heterocycles. The SMILES string of the molecule is Oc1c(Cl)cc(Cl)cc1[C@H]1Oc2ccc(Cl)cc2[C@H]2CC(c3ccc4ccccc4c3)=NN21. The van der Waals surface area contributed by atoms with Gasteiger partial charge in [-0.2, -0.15) is 5.10 Å². The van der Waals surface area contributed by atoms with E-state index < -0.39 is 6.23 Å². The standard InChI is InChI=1S/C26H17Cl3N2O2/c27-17-7-8-24-19(10-17)23-13-22(16-6-5-14-3-1-2-4-15(14)9-16)30-31(23)26(33-24)20-11-18(28)12-21(29)25(20)32/h1-12,23,26,32H,13H2/t23-,26-/m1/s1. The van der Waals surface area contributed by atoms with Gasteiger partial charge < -0.3 is 9.84 Å². The van der Waals surface area contributed by atoms with Gasteiger partial charge >= 0.3 is 0 Å². The summed E-state index contributed by atoms with van der Waals surface area (Å²) in [6.07, 6.45) is -0.0292. The molecule has 0 spiro atoms. The lowest BCUT2D eigenvalue weighted by molar-refractivity contribution is -0.0203. The van der Waals surface area contributed by atoms with Crippen LogP contribution in [0.15, 0.2) is 77.9 Å². The lowest BCUT2D eigenvalue weighted by atomic mass is 9.95. The number of benzene rings is 4. The van der Waals surface area contributed by atoms with Gasteiger partial charge in [0.1, 0.15) is 11.5 Å². The molecule has 164 valence electrons. The maximum absolute atomic E-state index is 10.7.